The van der Waals surface area contributed by atoms with Crippen LogP contribution in [-0.2, 0) is 34.3 Å². The Morgan fingerprint density at radius 2 is 1.86 bits per heavy atom. The van der Waals surface area contributed by atoms with Gasteiger partial charge in [0, 0.05) is 37.2 Å². The van der Waals surface area contributed by atoms with Crippen LogP contribution in [0.5, 0.6) is 5.75 Å². The number of carbonyl (C=O) groups excluding carboxylic acids is 1. The number of benzene rings is 1. The molecule has 1 aliphatic carbocycles. The SMILES string of the molecule is COc1ccccc1NC(=O)C1CCc2ncn(C)c2C1.O=C(O)/C=C/C(=O)O. The second-order valence-electron chi connectivity index (χ2n) is 6.39. The maximum absolute atomic E-state index is 12.5. The monoisotopic (exact) mass is 401 g/mol. The van der Waals surface area contributed by atoms with Crippen molar-refractivity contribution in [1.82, 2.24) is 9.55 Å². The number of para-hydroxylation sites is 2. The zero-order valence-electron chi connectivity index (χ0n) is 16.2. The molecule has 1 unspecified atom stereocenters. The van der Waals surface area contributed by atoms with Gasteiger partial charge in [0.15, 0.2) is 0 Å². The minimum atomic E-state index is -1.26. The smallest absolute Gasteiger partial charge is 0.328 e. The molecule has 0 radical (unpaired) electrons. The summed E-state index contributed by atoms with van der Waals surface area (Å²) in [5.74, 6) is -1.80. The summed E-state index contributed by atoms with van der Waals surface area (Å²) in [6.45, 7) is 0. The molecule has 2 aromatic rings. The largest absolute Gasteiger partial charge is 0.495 e. The van der Waals surface area contributed by atoms with E-state index in [1.54, 1.807) is 7.11 Å². The van der Waals surface area contributed by atoms with Crippen LogP contribution in [0.15, 0.2) is 42.7 Å². The number of nitrogens with one attached hydrogen (secondary N) is 1. The van der Waals surface area contributed by atoms with Crippen molar-refractivity contribution in [3.63, 3.8) is 0 Å². The summed E-state index contributed by atoms with van der Waals surface area (Å²) in [5.41, 5.74) is 3.01. The molecule has 0 saturated carbocycles. The maximum Gasteiger partial charge on any atom is 0.328 e. The number of aromatic nitrogens is 2. The fourth-order valence-corrected chi connectivity index (χ4v) is 2.97. The Morgan fingerprint density at radius 1 is 1.21 bits per heavy atom. The van der Waals surface area contributed by atoms with Gasteiger partial charge in [-0.1, -0.05) is 12.1 Å². The van der Waals surface area contributed by atoms with Crippen LogP contribution in [-0.4, -0.2) is 44.7 Å². The molecule has 1 atom stereocenters. The molecule has 0 fully saturated rings. The van der Waals surface area contributed by atoms with E-state index in [9.17, 15) is 14.4 Å². The summed E-state index contributed by atoms with van der Waals surface area (Å²) in [5, 5.41) is 18.6. The van der Waals surface area contributed by atoms with Crippen LogP contribution in [0.4, 0.5) is 5.69 Å². The summed E-state index contributed by atoms with van der Waals surface area (Å²) in [7, 11) is 3.58. The fraction of sp³-hybridized carbons (Fsp3) is 0.300. The van der Waals surface area contributed by atoms with Gasteiger partial charge in [-0.3, -0.25) is 4.79 Å². The number of carboxylic acid groups (broad SMARTS) is 2. The van der Waals surface area contributed by atoms with Crippen LogP contribution in [0.2, 0.25) is 0 Å². The van der Waals surface area contributed by atoms with Gasteiger partial charge in [-0.25, -0.2) is 14.6 Å². The van der Waals surface area contributed by atoms with E-state index in [1.165, 1.54) is 5.69 Å². The molecule has 9 heteroatoms. The first-order valence-corrected chi connectivity index (χ1v) is 8.88. The summed E-state index contributed by atoms with van der Waals surface area (Å²) >= 11 is 0. The summed E-state index contributed by atoms with van der Waals surface area (Å²) in [6, 6.07) is 7.47. The summed E-state index contributed by atoms with van der Waals surface area (Å²) in [6.07, 6.45) is 5.38. The number of rotatable bonds is 5. The van der Waals surface area contributed by atoms with Crippen LogP contribution in [0, 0.1) is 5.92 Å². The molecule has 1 aromatic heterocycles. The number of methoxy groups -OCH3 is 1. The topological polar surface area (TPSA) is 131 Å². The lowest BCUT2D eigenvalue weighted by Gasteiger charge is -2.22. The normalized spacial score (nSPS) is 15.0. The molecule has 0 bridgehead atoms. The number of hydrogen-bond donors (Lipinski definition) is 3. The first kappa shape index (κ1) is 21.7. The zero-order valence-corrected chi connectivity index (χ0v) is 16.2. The van der Waals surface area contributed by atoms with E-state index in [-0.39, 0.29) is 11.8 Å². The second-order valence-corrected chi connectivity index (χ2v) is 6.39. The number of carboxylic acids is 2. The van der Waals surface area contributed by atoms with E-state index >= 15 is 0 Å². The number of carbonyl (C=O) groups is 3. The van der Waals surface area contributed by atoms with Crippen LogP contribution < -0.4 is 10.1 Å². The Morgan fingerprint density at radius 3 is 2.48 bits per heavy atom. The van der Waals surface area contributed by atoms with Crippen molar-refractivity contribution in [1.29, 1.82) is 0 Å². The number of ether oxygens (including phenoxy) is 1. The number of imidazole rings is 1. The van der Waals surface area contributed by atoms with Gasteiger partial charge in [0.1, 0.15) is 5.75 Å². The van der Waals surface area contributed by atoms with Gasteiger partial charge in [0.05, 0.1) is 24.8 Å². The van der Waals surface area contributed by atoms with E-state index in [1.807, 2.05) is 42.2 Å². The molecule has 1 aliphatic rings. The van der Waals surface area contributed by atoms with Crippen LogP contribution in [0.3, 0.4) is 0 Å². The van der Waals surface area contributed by atoms with Crippen molar-refractivity contribution < 1.29 is 29.3 Å². The Labute approximate surface area is 167 Å². The maximum atomic E-state index is 12.5. The van der Waals surface area contributed by atoms with Gasteiger partial charge in [-0.15, -0.1) is 0 Å². The molecule has 154 valence electrons. The van der Waals surface area contributed by atoms with Crippen molar-refractivity contribution in [2.24, 2.45) is 13.0 Å². The molecule has 3 N–H and O–H groups in total. The first-order chi connectivity index (χ1) is 13.8. The minimum absolute atomic E-state index is 0.0159. The fourth-order valence-electron chi connectivity index (χ4n) is 2.97. The molecule has 1 heterocycles. The number of amides is 1. The minimum Gasteiger partial charge on any atom is -0.495 e. The van der Waals surface area contributed by atoms with Crippen LogP contribution in [0.1, 0.15) is 17.8 Å². The average Bonchev–Trinajstić information content (AvgIpc) is 3.07. The Bertz CT molecular complexity index is 903. The second kappa shape index (κ2) is 10.1. The lowest BCUT2D eigenvalue weighted by atomic mass is 9.89. The van der Waals surface area contributed by atoms with E-state index < -0.39 is 11.9 Å². The first-order valence-electron chi connectivity index (χ1n) is 8.88. The molecule has 9 nitrogen and oxygen atoms in total. The van der Waals surface area contributed by atoms with E-state index in [4.69, 9.17) is 14.9 Å². The Balaban J connectivity index is 0.000000321. The highest BCUT2D eigenvalue weighted by molar-refractivity contribution is 5.94. The molecule has 3 rings (SSSR count). The van der Waals surface area contributed by atoms with Crippen LogP contribution >= 0.6 is 0 Å². The molecular weight excluding hydrogens is 378 g/mol. The summed E-state index contributed by atoms with van der Waals surface area (Å²) in [4.78, 5) is 36.0. The van der Waals surface area contributed by atoms with Crippen molar-refractivity contribution in [3.05, 3.63) is 54.1 Å². The predicted molar refractivity (Wildman–Crippen MR) is 105 cm³/mol. The molecule has 1 amide bonds. The summed E-state index contributed by atoms with van der Waals surface area (Å²) < 4.78 is 7.28. The lowest BCUT2D eigenvalue weighted by molar-refractivity contribution is -0.134. The van der Waals surface area contributed by atoms with E-state index in [0.29, 0.717) is 17.9 Å². The van der Waals surface area contributed by atoms with Crippen molar-refractivity contribution in [3.8, 4) is 5.75 Å². The number of hydrogen-bond acceptors (Lipinski definition) is 5. The van der Waals surface area contributed by atoms with Gasteiger partial charge >= 0.3 is 11.9 Å². The Hall–Kier alpha value is -3.62. The predicted octanol–water partition coefficient (Wildman–Crippen LogP) is 1.88. The van der Waals surface area contributed by atoms with E-state index in [0.717, 1.165) is 30.6 Å². The number of aryl methyl sites for hydroxylation is 2. The van der Waals surface area contributed by atoms with Crippen molar-refractivity contribution in [2.75, 3.05) is 12.4 Å². The zero-order chi connectivity index (χ0) is 21.4. The standard InChI is InChI=1S/C16H19N3O2.C4H4O4/c1-19-10-17-12-8-7-11(9-14(12)19)16(20)18-13-5-3-4-6-15(13)21-2;5-3(6)1-2-4(7)8/h3-6,10-11H,7-9H2,1-2H3,(H,18,20);1-2H,(H,5,6)(H,7,8)/b;2-1+. The van der Waals surface area contributed by atoms with Gasteiger partial charge in [0.25, 0.3) is 0 Å². The number of aliphatic carboxylic acids is 2. The molecule has 1 aromatic carbocycles. The average molecular weight is 401 g/mol. The highest BCUT2D eigenvalue weighted by Crippen LogP contribution is 2.28. The number of fused-ring (bicyclic) bond motifs is 1. The quantitative estimate of drug-likeness (QED) is 0.652. The van der Waals surface area contributed by atoms with Gasteiger partial charge in [-0.05, 0) is 25.0 Å². The van der Waals surface area contributed by atoms with Crippen molar-refractivity contribution >= 4 is 23.5 Å². The highest BCUT2D eigenvalue weighted by atomic mass is 16.5. The molecule has 0 aliphatic heterocycles. The van der Waals surface area contributed by atoms with Gasteiger partial charge in [0.2, 0.25) is 5.91 Å². The third-order valence-electron chi connectivity index (χ3n) is 4.42. The molecule has 29 heavy (non-hydrogen) atoms. The van der Waals surface area contributed by atoms with Crippen molar-refractivity contribution in [2.45, 2.75) is 19.3 Å². The van der Waals surface area contributed by atoms with Gasteiger partial charge in [-0.2, -0.15) is 0 Å². The highest BCUT2D eigenvalue weighted by Gasteiger charge is 2.27. The van der Waals surface area contributed by atoms with Gasteiger partial charge < -0.3 is 24.8 Å². The lowest BCUT2D eigenvalue weighted by Crippen LogP contribution is -2.29. The molecule has 0 spiro atoms. The third kappa shape index (κ3) is 6.20. The number of nitrogens with zero attached hydrogens (tertiary/aromatic N) is 2. The van der Waals surface area contributed by atoms with E-state index in [2.05, 4.69) is 10.3 Å². The molecule has 0 saturated heterocycles. The van der Waals surface area contributed by atoms with Crippen LogP contribution in [0.25, 0.3) is 0 Å². The third-order valence-corrected chi connectivity index (χ3v) is 4.42. The molecular formula is C20H23N3O6. The number of anilines is 1. The Kier molecular flexibility index (Phi) is 7.53.